The van der Waals surface area contributed by atoms with Gasteiger partial charge in [0.25, 0.3) is 0 Å². The number of hydrogen-bond acceptors (Lipinski definition) is 0. The van der Waals surface area contributed by atoms with Gasteiger partial charge in [0, 0.05) is 32.6 Å². The second-order valence-corrected chi connectivity index (χ2v) is 10.3. The maximum Gasteiger partial charge on any atom is 0.0468 e. The van der Waals surface area contributed by atoms with Crippen molar-refractivity contribution in [2.75, 3.05) is 0 Å². The van der Waals surface area contributed by atoms with Gasteiger partial charge >= 0.3 is 0 Å². The molecule has 1 heteroatoms. The van der Waals surface area contributed by atoms with Gasteiger partial charge in [-0.2, -0.15) is 0 Å². The number of benzene rings is 4. The molecular formula is C30H25N. The van der Waals surface area contributed by atoms with Crippen molar-refractivity contribution in [2.24, 2.45) is 0 Å². The second kappa shape index (κ2) is 5.29. The van der Waals surface area contributed by atoms with E-state index in [1.165, 1.54) is 66.3 Å². The van der Waals surface area contributed by atoms with Crippen molar-refractivity contribution in [1.82, 2.24) is 4.98 Å². The number of aromatic amines is 1. The molecule has 0 radical (unpaired) electrons. The van der Waals surface area contributed by atoms with E-state index in [-0.39, 0.29) is 10.8 Å². The van der Waals surface area contributed by atoms with Crippen LogP contribution in [-0.2, 0) is 10.8 Å². The molecule has 0 saturated heterocycles. The summed E-state index contributed by atoms with van der Waals surface area (Å²) < 4.78 is 0. The summed E-state index contributed by atoms with van der Waals surface area (Å²) >= 11 is 0. The molecule has 0 bridgehead atoms. The maximum atomic E-state index is 3.65. The van der Waals surface area contributed by atoms with E-state index in [9.17, 15) is 0 Å². The van der Waals surface area contributed by atoms with Gasteiger partial charge in [0.2, 0.25) is 0 Å². The third-order valence-corrected chi connectivity index (χ3v) is 7.95. The molecule has 0 atom stereocenters. The first-order chi connectivity index (χ1) is 14.9. The molecule has 0 spiro atoms. The van der Waals surface area contributed by atoms with E-state index < -0.39 is 0 Å². The minimum absolute atomic E-state index is 0.00413. The predicted molar refractivity (Wildman–Crippen MR) is 131 cm³/mol. The van der Waals surface area contributed by atoms with E-state index in [1.807, 2.05) is 0 Å². The number of nitrogens with one attached hydrogen (secondary N) is 1. The Morgan fingerprint density at radius 3 is 1.97 bits per heavy atom. The molecule has 1 N–H and O–H groups in total. The smallest absolute Gasteiger partial charge is 0.0468 e. The number of H-pyrrole nitrogens is 1. The van der Waals surface area contributed by atoms with E-state index in [1.54, 1.807) is 0 Å². The van der Waals surface area contributed by atoms with Crippen molar-refractivity contribution in [3.8, 4) is 22.3 Å². The largest absolute Gasteiger partial charge is 0.355 e. The van der Waals surface area contributed by atoms with Crippen LogP contribution < -0.4 is 0 Å². The normalized spacial score (nSPS) is 16.9. The van der Waals surface area contributed by atoms with E-state index in [2.05, 4.69) is 105 Å². The maximum absolute atomic E-state index is 3.65. The first-order valence-corrected chi connectivity index (χ1v) is 11.2. The lowest BCUT2D eigenvalue weighted by atomic mass is 9.72. The van der Waals surface area contributed by atoms with E-state index in [0.717, 1.165) is 0 Å². The van der Waals surface area contributed by atoms with Crippen LogP contribution in [-0.4, -0.2) is 4.98 Å². The minimum Gasteiger partial charge on any atom is -0.355 e. The third-order valence-electron chi connectivity index (χ3n) is 7.95. The van der Waals surface area contributed by atoms with Crippen molar-refractivity contribution >= 4 is 21.8 Å². The van der Waals surface area contributed by atoms with Gasteiger partial charge in [-0.05, 0) is 62.7 Å². The van der Waals surface area contributed by atoms with Crippen LogP contribution in [0.1, 0.15) is 49.9 Å². The zero-order chi connectivity index (χ0) is 21.1. The fourth-order valence-corrected chi connectivity index (χ4v) is 6.52. The number of para-hydroxylation sites is 1. The average Bonchev–Trinajstić information content (AvgIpc) is 3.32. The highest BCUT2D eigenvalue weighted by molar-refractivity contribution is 6.10. The zero-order valence-electron chi connectivity index (χ0n) is 18.4. The Morgan fingerprint density at radius 2 is 1.16 bits per heavy atom. The monoisotopic (exact) mass is 399 g/mol. The molecule has 31 heavy (non-hydrogen) atoms. The number of rotatable bonds is 0. The third kappa shape index (κ3) is 1.93. The van der Waals surface area contributed by atoms with Crippen molar-refractivity contribution in [3.63, 3.8) is 0 Å². The highest BCUT2D eigenvalue weighted by Crippen LogP contribution is 2.59. The summed E-state index contributed by atoms with van der Waals surface area (Å²) in [6.45, 7) is 9.61. The summed E-state index contributed by atoms with van der Waals surface area (Å²) in [5, 5.41) is 2.63. The highest BCUT2D eigenvalue weighted by Gasteiger charge is 2.45. The Labute approximate surface area is 182 Å². The van der Waals surface area contributed by atoms with Crippen LogP contribution in [0.3, 0.4) is 0 Å². The van der Waals surface area contributed by atoms with Crippen LogP contribution in [0.5, 0.6) is 0 Å². The van der Waals surface area contributed by atoms with Crippen LogP contribution in [0.15, 0.2) is 72.8 Å². The molecular weight excluding hydrogens is 374 g/mol. The molecule has 0 aliphatic heterocycles. The van der Waals surface area contributed by atoms with Crippen molar-refractivity contribution in [3.05, 3.63) is 95.1 Å². The van der Waals surface area contributed by atoms with E-state index >= 15 is 0 Å². The van der Waals surface area contributed by atoms with Gasteiger partial charge in [0.15, 0.2) is 0 Å². The van der Waals surface area contributed by atoms with Crippen LogP contribution in [0.2, 0.25) is 0 Å². The van der Waals surface area contributed by atoms with Crippen LogP contribution in [0, 0.1) is 0 Å². The Balaban J connectivity index is 1.59. The Hall–Kier alpha value is -3.32. The highest BCUT2D eigenvalue weighted by atomic mass is 14.7. The summed E-state index contributed by atoms with van der Waals surface area (Å²) in [4.78, 5) is 3.65. The molecule has 2 aliphatic carbocycles. The molecule has 1 aromatic heterocycles. The van der Waals surface area contributed by atoms with Gasteiger partial charge < -0.3 is 4.98 Å². The summed E-state index contributed by atoms with van der Waals surface area (Å²) in [6.07, 6.45) is 0. The quantitative estimate of drug-likeness (QED) is 0.272. The molecule has 2 aliphatic rings. The standard InChI is InChI=1S/C30H25N/c1-29(2)23-11-7-5-9-17(23)19-13-14-20-21-15-22-18-10-6-8-12-25(18)31-26(22)16-24(21)30(3,4)28(20)27(19)29/h5-16,31H,1-4H3. The summed E-state index contributed by atoms with van der Waals surface area (Å²) in [7, 11) is 0. The second-order valence-electron chi connectivity index (χ2n) is 10.3. The Kier molecular flexibility index (Phi) is 2.96. The van der Waals surface area contributed by atoms with Crippen LogP contribution >= 0.6 is 0 Å². The Bertz CT molecular complexity index is 1580. The first kappa shape index (κ1) is 17.4. The molecule has 5 aromatic rings. The van der Waals surface area contributed by atoms with Crippen molar-refractivity contribution < 1.29 is 0 Å². The lowest BCUT2D eigenvalue weighted by Gasteiger charge is -2.30. The van der Waals surface area contributed by atoms with E-state index in [4.69, 9.17) is 0 Å². The summed E-state index contributed by atoms with van der Waals surface area (Å²) in [5.74, 6) is 0. The molecule has 7 rings (SSSR count). The van der Waals surface area contributed by atoms with Gasteiger partial charge in [-0.1, -0.05) is 82.3 Å². The molecule has 0 amide bonds. The Morgan fingerprint density at radius 1 is 0.516 bits per heavy atom. The lowest BCUT2D eigenvalue weighted by molar-refractivity contribution is 0.601. The van der Waals surface area contributed by atoms with Gasteiger partial charge in [-0.15, -0.1) is 0 Å². The minimum atomic E-state index is -0.0409. The summed E-state index contributed by atoms with van der Waals surface area (Å²) in [6, 6.07) is 27.2. The zero-order valence-corrected chi connectivity index (χ0v) is 18.4. The molecule has 0 fully saturated rings. The fraction of sp³-hybridized carbons (Fsp3) is 0.200. The molecule has 1 heterocycles. The van der Waals surface area contributed by atoms with Gasteiger partial charge in [-0.25, -0.2) is 0 Å². The fourth-order valence-electron chi connectivity index (χ4n) is 6.52. The molecule has 1 nitrogen and oxygen atoms in total. The average molecular weight is 400 g/mol. The molecule has 0 unspecified atom stereocenters. The molecule has 0 saturated carbocycles. The van der Waals surface area contributed by atoms with Crippen LogP contribution in [0.25, 0.3) is 44.1 Å². The SMILES string of the molecule is CC1(C)c2ccccc2-c2ccc3c(c21)C(C)(C)c1cc2[nH]c4ccccc4c2cc1-3. The topological polar surface area (TPSA) is 15.8 Å². The lowest BCUT2D eigenvalue weighted by Crippen LogP contribution is -2.24. The molecule has 150 valence electrons. The summed E-state index contributed by atoms with van der Waals surface area (Å²) in [5.41, 5.74) is 13.9. The number of aromatic nitrogens is 1. The predicted octanol–water partition coefficient (Wildman–Crippen LogP) is 7.93. The van der Waals surface area contributed by atoms with Gasteiger partial charge in [-0.3, -0.25) is 0 Å². The number of fused-ring (bicyclic) bond motifs is 10. The van der Waals surface area contributed by atoms with Gasteiger partial charge in [0.1, 0.15) is 0 Å². The van der Waals surface area contributed by atoms with E-state index in [0.29, 0.717) is 0 Å². The van der Waals surface area contributed by atoms with Crippen molar-refractivity contribution in [2.45, 2.75) is 38.5 Å². The van der Waals surface area contributed by atoms with Crippen LogP contribution in [0.4, 0.5) is 0 Å². The number of hydrogen-bond donors (Lipinski definition) is 1. The molecule has 4 aromatic carbocycles. The van der Waals surface area contributed by atoms with Gasteiger partial charge in [0.05, 0.1) is 0 Å². The first-order valence-electron chi connectivity index (χ1n) is 11.2. The van der Waals surface area contributed by atoms with Crippen molar-refractivity contribution in [1.29, 1.82) is 0 Å².